The summed E-state index contributed by atoms with van der Waals surface area (Å²) in [5.74, 6) is -2.63. The summed E-state index contributed by atoms with van der Waals surface area (Å²) in [6, 6.07) is 7.68. The third-order valence-electron chi connectivity index (χ3n) is 2.45. The van der Waals surface area contributed by atoms with Crippen molar-refractivity contribution in [2.75, 3.05) is 0 Å². The fourth-order valence-corrected chi connectivity index (χ4v) is 1.38. The van der Waals surface area contributed by atoms with Gasteiger partial charge in [-0.1, -0.05) is 0 Å². The molecule has 2 N–H and O–H groups in total. The molecule has 0 aromatic heterocycles. The SMILES string of the molecule is N#Cc1cc([N+](=O)[O-])c(O)cc1F.N#Cc1ccc(O)cc1F. The molecule has 0 radical (unpaired) electrons. The molecular weight excluding hydrogens is 312 g/mol. The van der Waals surface area contributed by atoms with Gasteiger partial charge in [-0.05, 0) is 12.1 Å². The Morgan fingerprint density at radius 1 is 1.00 bits per heavy atom. The lowest BCUT2D eigenvalue weighted by atomic mass is 10.2. The molecule has 0 atom stereocenters. The van der Waals surface area contributed by atoms with Crippen LogP contribution in [0, 0.1) is 44.4 Å². The number of hydrogen-bond acceptors (Lipinski definition) is 6. The number of hydrogen-bond donors (Lipinski definition) is 2. The summed E-state index contributed by atoms with van der Waals surface area (Å²) in [6.45, 7) is 0. The second-order valence-electron chi connectivity index (χ2n) is 3.97. The van der Waals surface area contributed by atoms with E-state index in [4.69, 9.17) is 20.7 Å². The van der Waals surface area contributed by atoms with Gasteiger partial charge < -0.3 is 10.2 Å². The number of nitrogens with zero attached hydrogens (tertiary/aromatic N) is 3. The minimum absolute atomic E-state index is 0.0576. The quantitative estimate of drug-likeness (QED) is 0.613. The maximum Gasteiger partial charge on any atom is 0.312 e. The van der Waals surface area contributed by atoms with E-state index in [9.17, 15) is 18.9 Å². The molecule has 0 aliphatic rings. The summed E-state index contributed by atoms with van der Waals surface area (Å²) >= 11 is 0. The van der Waals surface area contributed by atoms with Gasteiger partial charge >= 0.3 is 5.69 Å². The molecule has 0 fully saturated rings. The third-order valence-corrected chi connectivity index (χ3v) is 2.45. The van der Waals surface area contributed by atoms with Crippen LogP contribution >= 0.6 is 0 Å². The van der Waals surface area contributed by atoms with Crippen molar-refractivity contribution in [2.24, 2.45) is 0 Å². The summed E-state index contributed by atoms with van der Waals surface area (Å²) in [4.78, 5) is 9.32. The van der Waals surface area contributed by atoms with Gasteiger partial charge in [0.2, 0.25) is 0 Å². The number of nitro groups is 1. The molecule has 0 aliphatic heterocycles. The van der Waals surface area contributed by atoms with Crippen molar-refractivity contribution < 1.29 is 23.9 Å². The molecule has 0 unspecified atom stereocenters. The molecule has 2 rings (SSSR count). The van der Waals surface area contributed by atoms with Gasteiger partial charge in [0.1, 0.15) is 29.5 Å². The molecule has 0 saturated heterocycles. The number of phenolic OH excluding ortho intramolecular Hbond substituents is 2. The number of nitriles is 2. The first-order chi connectivity index (χ1) is 10.8. The normalized spacial score (nSPS) is 9.04. The number of aromatic hydroxyl groups is 2. The average molecular weight is 319 g/mol. The lowest BCUT2D eigenvalue weighted by molar-refractivity contribution is -0.385. The van der Waals surface area contributed by atoms with Gasteiger partial charge in [0, 0.05) is 18.2 Å². The number of benzene rings is 2. The molecule has 0 saturated carbocycles. The van der Waals surface area contributed by atoms with E-state index in [1.807, 2.05) is 0 Å². The average Bonchev–Trinajstić information content (AvgIpc) is 2.48. The lowest BCUT2D eigenvalue weighted by Crippen LogP contribution is -1.92. The number of nitro benzene ring substituents is 1. The van der Waals surface area contributed by atoms with Gasteiger partial charge in [0.05, 0.1) is 16.1 Å². The fourth-order valence-electron chi connectivity index (χ4n) is 1.38. The minimum Gasteiger partial charge on any atom is -0.508 e. The number of halogens is 2. The Balaban J connectivity index is 0.000000238. The Morgan fingerprint density at radius 2 is 1.57 bits per heavy atom. The van der Waals surface area contributed by atoms with Crippen molar-refractivity contribution in [3.8, 4) is 23.6 Å². The Labute approximate surface area is 128 Å². The molecule has 0 aliphatic carbocycles. The van der Waals surface area contributed by atoms with E-state index >= 15 is 0 Å². The summed E-state index contributed by atoms with van der Waals surface area (Å²) in [7, 11) is 0. The molecule has 2 aromatic carbocycles. The van der Waals surface area contributed by atoms with Crippen LogP contribution in [0.4, 0.5) is 14.5 Å². The topological polar surface area (TPSA) is 131 Å². The van der Waals surface area contributed by atoms with Gasteiger partial charge in [-0.3, -0.25) is 10.1 Å². The van der Waals surface area contributed by atoms with Crippen LogP contribution in [0.2, 0.25) is 0 Å². The fraction of sp³-hybridized carbons (Fsp3) is 0. The van der Waals surface area contributed by atoms with Gasteiger partial charge in [-0.2, -0.15) is 10.5 Å². The van der Waals surface area contributed by atoms with Crippen LogP contribution in [0.1, 0.15) is 11.1 Å². The molecule has 9 heteroatoms. The van der Waals surface area contributed by atoms with Gasteiger partial charge in [-0.25, -0.2) is 8.78 Å². The lowest BCUT2D eigenvalue weighted by Gasteiger charge is -1.96. The molecular formula is C14H7F2N3O4. The van der Waals surface area contributed by atoms with Crippen LogP contribution in [0.15, 0.2) is 30.3 Å². The second kappa shape index (κ2) is 7.33. The van der Waals surface area contributed by atoms with Crippen molar-refractivity contribution in [2.45, 2.75) is 0 Å². The first kappa shape index (κ1) is 17.3. The summed E-state index contributed by atoms with van der Waals surface area (Å²) in [5.41, 5.74) is -1.21. The smallest absolute Gasteiger partial charge is 0.312 e. The first-order valence-electron chi connectivity index (χ1n) is 5.75. The van der Waals surface area contributed by atoms with Crippen LogP contribution in [-0.4, -0.2) is 15.1 Å². The van der Waals surface area contributed by atoms with Gasteiger partial charge in [0.25, 0.3) is 0 Å². The Kier molecular flexibility index (Phi) is 5.53. The van der Waals surface area contributed by atoms with Crippen LogP contribution in [0.5, 0.6) is 11.5 Å². The highest BCUT2D eigenvalue weighted by Crippen LogP contribution is 2.27. The Hall–Kier alpha value is -3.72. The highest BCUT2D eigenvalue weighted by Gasteiger charge is 2.17. The van der Waals surface area contributed by atoms with Crippen molar-refractivity contribution >= 4 is 5.69 Å². The highest BCUT2D eigenvalue weighted by molar-refractivity contribution is 5.51. The molecule has 116 valence electrons. The zero-order valence-electron chi connectivity index (χ0n) is 11.2. The first-order valence-corrected chi connectivity index (χ1v) is 5.75. The largest absolute Gasteiger partial charge is 0.508 e. The van der Waals surface area contributed by atoms with Crippen molar-refractivity contribution in [1.29, 1.82) is 10.5 Å². The highest BCUT2D eigenvalue weighted by atomic mass is 19.1. The minimum atomic E-state index is -0.981. The van der Waals surface area contributed by atoms with Crippen LogP contribution in [0.25, 0.3) is 0 Å². The molecule has 0 bridgehead atoms. The van der Waals surface area contributed by atoms with Crippen LogP contribution in [0.3, 0.4) is 0 Å². The molecule has 2 aromatic rings. The molecule has 23 heavy (non-hydrogen) atoms. The van der Waals surface area contributed by atoms with E-state index in [0.29, 0.717) is 12.1 Å². The second-order valence-corrected chi connectivity index (χ2v) is 3.97. The summed E-state index contributed by atoms with van der Waals surface area (Å²) < 4.78 is 25.2. The van der Waals surface area contributed by atoms with E-state index in [1.54, 1.807) is 6.07 Å². The number of rotatable bonds is 1. The van der Waals surface area contributed by atoms with E-state index in [0.717, 1.165) is 6.07 Å². The van der Waals surface area contributed by atoms with E-state index < -0.39 is 33.6 Å². The summed E-state index contributed by atoms with van der Waals surface area (Å²) in [6.07, 6.45) is 0. The predicted octanol–water partition coefficient (Wildman–Crippen LogP) is 2.71. The Bertz CT molecular complexity index is 841. The molecule has 0 heterocycles. The summed E-state index contributed by atoms with van der Waals surface area (Å²) in [5, 5.41) is 44.3. The Morgan fingerprint density at radius 3 is 2.04 bits per heavy atom. The molecule has 0 spiro atoms. The van der Waals surface area contributed by atoms with Crippen LogP contribution in [-0.2, 0) is 0 Å². The molecule has 7 nitrogen and oxygen atoms in total. The molecule has 0 amide bonds. The predicted molar refractivity (Wildman–Crippen MR) is 72.2 cm³/mol. The van der Waals surface area contributed by atoms with Crippen molar-refractivity contribution in [3.63, 3.8) is 0 Å². The maximum atomic E-state index is 12.7. The zero-order valence-corrected chi connectivity index (χ0v) is 11.2. The van der Waals surface area contributed by atoms with E-state index in [2.05, 4.69) is 0 Å². The monoisotopic (exact) mass is 319 g/mol. The third kappa shape index (κ3) is 4.37. The zero-order chi connectivity index (χ0) is 17.6. The standard InChI is InChI=1S/C7H3FN2O3.C7H4FNO/c8-5-2-7(11)6(10(12)13)1-4(5)3-9;8-7-3-6(10)2-1-5(7)4-9/h1-2,11H;1-3,10H. The van der Waals surface area contributed by atoms with Gasteiger partial charge in [0.15, 0.2) is 5.75 Å². The number of phenols is 2. The van der Waals surface area contributed by atoms with Crippen molar-refractivity contribution in [3.05, 3.63) is 63.2 Å². The van der Waals surface area contributed by atoms with Crippen molar-refractivity contribution in [1.82, 2.24) is 0 Å². The maximum absolute atomic E-state index is 12.7. The van der Waals surface area contributed by atoms with Crippen LogP contribution < -0.4 is 0 Å². The van der Waals surface area contributed by atoms with Gasteiger partial charge in [-0.15, -0.1) is 0 Å². The van der Waals surface area contributed by atoms with E-state index in [-0.39, 0.29) is 11.3 Å². The van der Waals surface area contributed by atoms with E-state index in [1.165, 1.54) is 18.2 Å².